The normalized spacial score (nSPS) is 14.2. The monoisotopic (exact) mass is 452 g/mol. The topological polar surface area (TPSA) is 67.4 Å². The molecule has 1 aliphatic rings. The maximum Gasteiger partial charge on any atom is 0.234 e. The minimum absolute atomic E-state index is 0.0388. The fourth-order valence-corrected chi connectivity index (χ4v) is 4.15. The second-order valence-corrected chi connectivity index (χ2v) is 9.05. The Morgan fingerprint density at radius 1 is 0.912 bits per heavy atom. The van der Waals surface area contributed by atoms with Crippen LogP contribution in [0.4, 0.5) is 11.5 Å². The summed E-state index contributed by atoms with van der Waals surface area (Å²) in [5, 5.41) is 3.06. The van der Waals surface area contributed by atoms with Crippen LogP contribution >= 0.6 is 0 Å². The molecule has 0 atom stereocenters. The Labute approximate surface area is 199 Å². The van der Waals surface area contributed by atoms with Crippen LogP contribution in [-0.2, 0) is 14.9 Å². The molecule has 0 spiro atoms. The molecule has 172 valence electrons. The highest BCUT2D eigenvalue weighted by atomic mass is 16.5. The van der Waals surface area contributed by atoms with E-state index < -0.39 is 5.41 Å². The second kappa shape index (κ2) is 9.23. The van der Waals surface area contributed by atoms with Gasteiger partial charge in [-0.3, -0.25) is 9.78 Å². The van der Waals surface area contributed by atoms with Gasteiger partial charge in [0.15, 0.2) is 0 Å². The molecule has 0 bridgehead atoms. The highest BCUT2D eigenvalue weighted by Crippen LogP contribution is 2.28. The molecule has 3 aromatic carbocycles. The van der Waals surface area contributed by atoms with Crippen LogP contribution < -0.4 is 10.2 Å². The van der Waals surface area contributed by atoms with Crippen molar-refractivity contribution in [1.82, 2.24) is 9.97 Å². The highest BCUT2D eigenvalue weighted by Gasteiger charge is 2.29. The Morgan fingerprint density at radius 3 is 2.35 bits per heavy atom. The maximum atomic E-state index is 13.0. The van der Waals surface area contributed by atoms with Crippen LogP contribution in [0.2, 0.25) is 0 Å². The van der Waals surface area contributed by atoms with Gasteiger partial charge in [0.1, 0.15) is 5.82 Å². The molecule has 0 aliphatic carbocycles. The first kappa shape index (κ1) is 22.0. The number of ether oxygens (including phenoxy) is 1. The van der Waals surface area contributed by atoms with Gasteiger partial charge in [-0.2, -0.15) is 0 Å². The number of carbonyl (C=O) groups is 1. The zero-order valence-corrected chi connectivity index (χ0v) is 19.5. The molecule has 6 nitrogen and oxygen atoms in total. The fourth-order valence-electron chi connectivity index (χ4n) is 4.15. The summed E-state index contributed by atoms with van der Waals surface area (Å²) in [6, 6.07) is 23.9. The van der Waals surface area contributed by atoms with Crippen LogP contribution in [0.3, 0.4) is 0 Å². The first-order valence-corrected chi connectivity index (χ1v) is 11.6. The fraction of sp³-hybridized carbons (Fsp3) is 0.250. The Morgan fingerprint density at radius 2 is 1.62 bits per heavy atom. The molecule has 1 amide bonds. The Balaban J connectivity index is 1.34. The first-order chi connectivity index (χ1) is 16.5. The van der Waals surface area contributed by atoms with Crippen LogP contribution in [-0.4, -0.2) is 42.2 Å². The summed E-state index contributed by atoms with van der Waals surface area (Å²) in [6.45, 7) is 6.96. The molecule has 0 radical (unpaired) electrons. The molecular formula is C28H28N4O2. The standard InChI is InChI=1S/C28H28N4O2/c1-28(2,22-6-4-3-5-7-22)27(33)30-23-11-8-20(9-12-23)21-10-13-24-25(18-21)31-26(19-29-24)32-14-16-34-17-15-32/h3-13,18-19H,14-17H2,1-2H3,(H,30,33). The number of anilines is 2. The van der Waals surface area contributed by atoms with Gasteiger partial charge in [0.2, 0.25) is 5.91 Å². The van der Waals surface area contributed by atoms with Gasteiger partial charge in [0, 0.05) is 18.8 Å². The summed E-state index contributed by atoms with van der Waals surface area (Å²) in [7, 11) is 0. The van der Waals surface area contributed by atoms with E-state index in [9.17, 15) is 4.79 Å². The number of amides is 1. The lowest BCUT2D eigenvalue weighted by atomic mass is 9.83. The van der Waals surface area contributed by atoms with Crippen molar-refractivity contribution in [3.05, 3.63) is 84.6 Å². The zero-order valence-electron chi connectivity index (χ0n) is 19.5. The van der Waals surface area contributed by atoms with Crippen molar-refractivity contribution < 1.29 is 9.53 Å². The summed E-state index contributed by atoms with van der Waals surface area (Å²) in [6.07, 6.45) is 1.84. The molecular weight excluding hydrogens is 424 g/mol. The van der Waals surface area contributed by atoms with Gasteiger partial charge in [-0.15, -0.1) is 0 Å². The van der Waals surface area contributed by atoms with E-state index in [4.69, 9.17) is 9.72 Å². The minimum Gasteiger partial charge on any atom is -0.378 e. The molecule has 1 N–H and O–H groups in total. The van der Waals surface area contributed by atoms with Crippen molar-refractivity contribution in [3.63, 3.8) is 0 Å². The van der Waals surface area contributed by atoms with Crippen LogP contribution in [0.25, 0.3) is 22.2 Å². The van der Waals surface area contributed by atoms with E-state index in [1.807, 2.05) is 80.7 Å². The number of nitrogens with one attached hydrogen (secondary N) is 1. The smallest absolute Gasteiger partial charge is 0.234 e. The van der Waals surface area contributed by atoms with E-state index in [0.29, 0.717) is 13.2 Å². The number of fused-ring (bicyclic) bond motifs is 1. The van der Waals surface area contributed by atoms with Gasteiger partial charge in [-0.05, 0) is 54.8 Å². The molecule has 1 aliphatic heterocycles. The predicted octanol–water partition coefficient (Wildman–Crippen LogP) is 5.05. The SMILES string of the molecule is CC(C)(C(=O)Nc1ccc(-c2ccc3ncc(N4CCOCC4)nc3c2)cc1)c1ccccc1. The quantitative estimate of drug-likeness (QED) is 0.459. The summed E-state index contributed by atoms with van der Waals surface area (Å²) >= 11 is 0. The molecule has 1 fully saturated rings. The molecule has 0 saturated carbocycles. The van der Waals surface area contributed by atoms with Gasteiger partial charge in [0.05, 0.1) is 35.9 Å². The van der Waals surface area contributed by atoms with Crippen molar-refractivity contribution in [2.45, 2.75) is 19.3 Å². The lowest BCUT2D eigenvalue weighted by Crippen LogP contribution is -2.36. The Kier molecular flexibility index (Phi) is 5.99. The highest BCUT2D eigenvalue weighted by molar-refractivity contribution is 5.98. The summed E-state index contributed by atoms with van der Waals surface area (Å²) < 4.78 is 5.44. The van der Waals surface area contributed by atoms with E-state index in [1.54, 1.807) is 0 Å². The van der Waals surface area contributed by atoms with Crippen molar-refractivity contribution in [1.29, 1.82) is 0 Å². The van der Waals surface area contributed by atoms with Gasteiger partial charge in [0.25, 0.3) is 0 Å². The summed E-state index contributed by atoms with van der Waals surface area (Å²) in [4.78, 5) is 24.6. The van der Waals surface area contributed by atoms with Crippen molar-refractivity contribution in [3.8, 4) is 11.1 Å². The van der Waals surface area contributed by atoms with Gasteiger partial charge in [-0.25, -0.2) is 4.98 Å². The van der Waals surface area contributed by atoms with Gasteiger partial charge >= 0.3 is 0 Å². The summed E-state index contributed by atoms with van der Waals surface area (Å²) in [5.74, 6) is 0.843. The molecule has 2 heterocycles. The average Bonchev–Trinajstić information content (AvgIpc) is 2.89. The third kappa shape index (κ3) is 4.50. The number of rotatable bonds is 5. The second-order valence-electron chi connectivity index (χ2n) is 9.05. The van der Waals surface area contributed by atoms with Gasteiger partial charge < -0.3 is 15.0 Å². The van der Waals surface area contributed by atoms with E-state index in [0.717, 1.165) is 52.3 Å². The third-order valence-electron chi connectivity index (χ3n) is 6.40. The Bertz CT molecular complexity index is 1300. The largest absolute Gasteiger partial charge is 0.378 e. The number of hydrogen-bond acceptors (Lipinski definition) is 5. The summed E-state index contributed by atoms with van der Waals surface area (Å²) in [5.41, 5.74) is 4.97. The Hall–Kier alpha value is -3.77. The van der Waals surface area contributed by atoms with E-state index in [2.05, 4.69) is 27.3 Å². The third-order valence-corrected chi connectivity index (χ3v) is 6.40. The van der Waals surface area contributed by atoms with Crippen molar-refractivity contribution in [2.75, 3.05) is 36.5 Å². The average molecular weight is 453 g/mol. The molecule has 4 aromatic rings. The molecule has 0 unspecified atom stereocenters. The molecule has 5 rings (SSSR count). The zero-order chi connectivity index (χ0) is 23.5. The number of nitrogens with zero attached hydrogens (tertiary/aromatic N) is 3. The number of carbonyl (C=O) groups excluding carboxylic acids is 1. The number of morpholine rings is 1. The van der Waals surface area contributed by atoms with Crippen molar-refractivity contribution in [2.24, 2.45) is 0 Å². The van der Waals surface area contributed by atoms with E-state index in [-0.39, 0.29) is 5.91 Å². The number of hydrogen-bond donors (Lipinski definition) is 1. The van der Waals surface area contributed by atoms with Crippen molar-refractivity contribution >= 4 is 28.4 Å². The molecule has 1 aromatic heterocycles. The first-order valence-electron chi connectivity index (χ1n) is 11.6. The lowest BCUT2D eigenvalue weighted by molar-refractivity contribution is -0.120. The van der Waals surface area contributed by atoms with Crippen LogP contribution in [0.1, 0.15) is 19.4 Å². The van der Waals surface area contributed by atoms with Gasteiger partial charge in [-0.1, -0.05) is 48.5 Å². The van der Waals surface area contributed by atoms with Crippen LogP contribution in [0, 0.1) is 0 Å². The number of benzene rings is 3. The lowest BCUT2D eigenvalue weighted by Gasteiger charge is -2.27. The van der Waals surface area contributed by atoms with E-state index >= 15 is 0 Å². The molecule has 1 saturated heterocycles. The molecule has 34 heavy (non-hydrogen) atoms. The van der Waals surface area contributed by atoms with E-state index in [1.165, 1.54) is 0 Å². The van der Waals surface area contributed by atoms with Crippen LogP contribution in [0.15, 0.2) is 79.0 Å². The predicted molar refractivity (Wildman–Crippen MR) is 136 cm³/mol. The maximum absolute atomic E-state index is 13.0. The minimum atomic E-state index is -0.630. The number of aromatic nitrogens is 2. The van der Waals surface area contributed by atoms with Crippen LogP contribution in [0.5, 0.6) is 0 Å². The molecule has 6 heteroatoms.